The summed E-state index contributed by atoms with van der Waals surface area (Å²) in [4.78, 5) is 0. The maximum Gasteiger partial charge on any atom is 0.462 e. The molecule has 0 aliphatic carbocycles. The zero-order chi connectivity index (χ0) is 37.2. The number of hydrogen-bond donors (Lipinski definition) is 0. The SMILES string of the molecule is CC(C)OCC(C)(C)OCC(CSC(F)(F)C(F)OC(F)(F)C(F)(F)C(F)(F)F)SC(F)(F)C(F)OC(F)(F)C(F)(F)C(F)(F)F. The molecule has 0 N–H and O–H groups in total. The Balaban J connectivity index is 6.10. The molecule has 3 atom stereocenters. The molecule has 0 bridgehead atoms. The van der Waals surface area contributed by atoms with Crippen LogP contribution in [0.2, 0.25) is 0 Å². The zero-order valence-corrected chi connectivity index (χ0v) is 24.6. The van der Waals surface area contributed by atoms with Gasteiger partial charge in [0.2, 0.25) is 0 Å². The molecule has 0 aromatic carbocycles. The summed E-state index contributed by atoms with van der Waals surface area (Å²) < 4.78 is 277. The molecule has 0 aliphatic rings. The van der Waals surface area contributed by atoms with Crippen LogP contribution in [0.4, 0.5) is 87.8 Å². The van der Waals surface area contributed by atoms with Crippen LogP contribution in [0, 0.1) is 0 Å². The summed E-state index contributed by atoms with van der Waals surface area (Å²) in [6, 6.07) is 0. The maximum absolute atomic E-state index is 14.3. The Morgan fingerprint density at radius 3 is 1.30 bits per heavy atom. The van der Waals surface area contributed by atoms with Crippen LogP contribution in [0.15, 0.2) is 0 Å². The predicted octanol–water partition coefficient (Wildman–Crippen LogP) is 9.43. The van der Waals surface area contributed by atoms with E-state index in [2.05, 4.69) is 9.47 Å². The van der Waals surface area contributed by atoms with E-state index in [-0.39, 0.29) is 0 Å². The van der Waals surface area contributed by atoms with Crippen LogP contribution < -0.4 is 0 Å². The summed E-state index contributed by atoms with van der Waals surface area (Å²) in [5, 5.41) is -13.8. The lowest BCUT2D eigenvalue weighted by atomic mass is 10.1. The Morgan fingerprint density at radius 2 is 0.957 bits per heavy atom. The van der Waals surface area contributed by atoms with Gasteiger partial charge in [-0.2, -0.15) is 79.0 Å². The molecule has 0 spiro atoms. The van der Waals surface area contributed by atoms with E-state index >= 15 is 0 Å². The highest BCUT2D eigenvalue weighted by molar-refractivity contribution is 8.04. The summed E-state index contributed by atoms with van der Waals surface area (Å²) in [6.07, 6.45) is -39.0. The summed E-state index contributed by atoms with van der Waals surface area (Å²) in [7, 11) is 0. The summed E-state index contributed by atoms with van der Waals surface area (Å²) in [6.45, 7) is 3.38. The van der Waals surface area contributed by atoms with Gasteiger partial charge in [-0.1, -0.05) is 23.5 Å². The van der Waals surface area contributed by atoms with E-state index in [1.807, 2.05) is 0 Å². The van der Waals surface area contributed by atoms with Gasteiger partial charge in [-0.3, -0.25) is 9.47 Å². The highest BCUT2D eigenvalue weighted by Crippen LogP contribution is 2.52. The number of halogens is 20. The van der Waals surface area contributed by atoms with Gasteiger partial charge < -0.3 is 9.47 Å². The molecule has 0 rings (SSSR count). The van der Waals surface area contributed by atoms with E-state index in [4.69, 9.17) is 9.47 Å². The lowest BCUT2D eigenvalue weighted by Crippen LogP contribution is -2.55. The van der Waals surface area contributed by atoms with E-state index < -0.39 is 119 Å². The van der Waals surface area contributed by atoms with Crippen molar-refractivity contribution in [2.24, 2.45) is 0 Å². The molecule has 0 radical (unpaired) electrons. The molecule has 0 aromatic rings. The minimum absolute atomic E-state index is 0.432. The Morgan fingerprint density at radius 1 is 0.587 bits per heavy atom. The Kier molecular flexibility index (Phi) is 14.7. The van der Waals surface area contributed by atoms with Crippen LogP contribution in [-0.2, 0) is 18.9 Å². The van der Waals surface area contributed by atoms with E-state index in [9.17, 15) is 87.8 Å². The van der Waals surface area contributed by atoms with Crippen LogP contribution >= 0.6 is 23.5 Å². The van der Waals surface area contributed by atoms with Crippen molar-refractivity contribution in [2.45, 2.75) is 104 Å². The Labute approximate surface area is 254 Å². The normalized spacial score (nSPS) is 17.4. The molecule has 0 aromatic heterocycles. The highest BCUT2D eigenvalue weighted by atomic mass is 32.2. The smallest absolute Gasteiger partial charge is 0.376 e. The third-order valence-corrected chi connectivity index (χ3v) is 7.17. The largest absolute Gasteiger partial charge is 0.462 e. The first-order valence-electron chi connectivity index (χ1n) is 11.6. The van der Waals surface area contributed by atoms with Gasteiger partial charge in [0.25, 0.3) is 12.7 Å². The average Bonchev–Trinajstić information content (AvgIpc) is 2.82. The molecule has 0 amide bonds. The highest BCUT2D eigenvalue weighted by Gasteiger charge is 2.77. The van der Waals surface area contributed by atoms with Gasteiger partial charge in [-0.25, -0.2) is 8.78 Å². The van der Waals surface area contributed by atoms with Crippen molar-refractivity contribution in [1.82, 2.24) is 0 Å². The fourth-order valence-corrected chi connectivity index (χ4v) is 4.16. The molecule has 0 aliphatic heterocycles. The first kappa shape index (κ1) is 45.1. The summed E-state index contributed by atoms with van der Waals surface area (Å²) in [5.41, 5.74) is -1.60. The van der Waals surface area contributed by atoms with Gasteiger partial charge in [0, 0.05) is 11.0 Å². The topological polar surface area (TPSA) is 36.9 Å². The monoisotopic (exact) mass is 770 g/mol. The van der Waals surface area contributed by atoms with Crippen molar-refractivity contribution in [3.8, 4) is 0 Å². The minimum atomic E-state index is -7.26. The van der Waals surface area contributed by atoms with E-state index in [1.165, 1.54) is 13.8 Å². The summed E-state index contributed by atoms with van der Waals surface area (Å²) >= 11 is -2.88. The van der Waals surface area contributed by atoms with E-state index in [0.29, 0.717) is 0 Å². The molecule has 0 heterocycles. The molecule has 0 saturated carbocycles. The van der Waals surface area contributed by atoms with Crippen molar-refractivity contribution < 1.29 is 107 Å². The molecular formula is C20H22F20O4S2. The number of ether oxygens (including phenoxy) is 4. The minimum Gasteiger partial charge on any atom is -0.376 e. The van der Waals surface area contributed by atoms with E-state index in [1.54, 1.807) is 0 Å². The zero-order valence-electron chi connectivity index (χ0n) is 22.9. The van der Waals surface area contributed by atoms with Crippen molar-refractivity contribution in [1.29, 1.82) is 0 Å². The Bertz CT molecular complexity index is 957. The van der Waals surface area contributed by atoms with Crippen molar-refractivity contribution in [3.05, 3.63) is 0 Å². The molecule has 0 fully saturated rings. The Hall–Kier alpha value is -0.860. The van der Waals surface area contributed by atoms with Gasteiger partial charge in [0.15, 0.2) is 0 Å². The van der Waals surface area contributed by atoms with Crippen molar-refractivity contribution in [3.63, 3.8) is 0 Å². The van der Waals surface area contributed by atoms with Crippen molar-refractivity contribution >= 4 is 23.5 Å². The van der Waals surface area contributed by atoms with Gasteiger partial charge >= 0.3 is 46.9 Å². The van der Waals surface area contributed by atoms with Gasteiger partial charge in [0.1, 0.15) is 0 Å². The van der Waals surface area contributed by atoms with Crippen molar-refractivity contribution in [2.75, 3.05) is 19.0 Å². The quantitative estimate of drug-likeness (QED) is 0.122. The fraction of sp³-hybridized carbons (Fsp3) is 1.00. The first-order chi connectivity index (χ1) is 20.0. The third-order valence-electron chi connectivity index (χ3n) is 4.68. The van der Waals surface area contributed by atoms with E-state index in [0.717, 1.165) is 13.8 Å². The molecule has 278 valence electrons. The second kappa shape index (κ2) is 14.9. The van der Waals surface area contributed by atoms with Crippen LogP contribution in [-0.4, -0.2) is 95.6 Å². The second-order valence-electron chi connectivity index (χ2n) is 9.65. The number of hydrogen-bond acceptors (Lipinski definition) is 6. The van der Waals surface area contributed by atoms with Crippen LogP contribution in [0.3, 0.4) is 0 Å². The number of rotatable bonds is 19. The average molecular weight is 770 g/mol. The third kappa shape index (κ3) is 11.9. The van der Waals surface area contributed by atoms with Gasteiger partial charge in [-0.05, 0) is 27.7 Å². The van der Waals surface area contributed by atoms with Crippen LogP contribution in [0.5, 0.6) is 0 Å². The summed E-state index contributed by atoms with van der Waals surface area (Å²) in [5.74, 6) is -16.4. The number of thioether (sulfide) groups is 2. The lowest BCUT2D eigenvalue weighted by molar-refractivity contribution is -0.446. The standard InChI is InChI=1S/C20H22F20O4S2/c1-8(2)41-7-12(3,4)42-5-9(46-14(25,26)11(22)44-20(39,40)16(29,30)18(34,35)36)6-45-13(23,24)10(21)43-19(37,38)15(27,28)17(31,32)33/h8-11H,5-7H2,1-4H3. The second-order valence-corrected chi connectivity index (χ2v) is 12.3. The maximum atomic E-state index is 14.3. The molecule has 4 nitrogen and oxygen atoms in total. The fourth-order valence-electron chi connectivity index (χ4n) is 2.26. The molecular weight excluding hydrogens is 748 g/mol. The van der Waals surface area contributed by atoms with Gasteiger partial charge in [-0.15, -0.1) is 0 Å². The van der Waals surface area contributed by atoms with Crippen LogP contribution in [0.1, 0.15) is 27.7 Å². The first-order valence-corrected chi connectivity index (χ1v) is 13.4. The predicted molar refractivity (Wildman–Crippen MR) is 119 cm³/mol. The molecule has 0 saturated heterocycles. The lowest BCUT2D eigenvalue weighted by Gasteiger charge is -2.33. The van der Waals surface area contributed by atoms with Crippen LogP contribution in [0.25, 0.3) is 0 Å². The molecule has 46 heavy (non-hydrogen) atoms. The molecule has 3 unspecified atom stereocenters. The van der Waals surface area contributed by atoms with Gasteiger partial charge in [0.05, 0.1) is 24.9 Å². The number of alkyl halides is 20. The molecule has 26 heteroatoms.